The number of halogens is 1. The maximum atomic E-state index is 13.0. The van der Waals surface area contributed by atoms with Crippen LogP contribution in [0.1, 0.15) is 5.56 Å². The lowest BCUT2D eigenvalue weighted by Crippen LogP contribution is -2.15. The van der Waals surface area contributed by atoms with Crippen LogP contribution in [0.5, 0.6) is 17.2 Å². The van der Waals surface area contributed by atoms with Crippen molar-refractivity contribution >= 4 is 39.4 Å². The number of carboxylic acids is 1. The Hall–Kier alpha value is -2.91. The van der Waals surface area contributed by atoms with E-state index in [4.69, 9.17) is 30.9 Å². The van der Waals surface area contributed by atoms with Crippen LogP contribution in [0, 0.1) is 0 Å². The summed E-state index contributed by atoms with van der Waals surface area (Å²) >= 11 is 5.95. The zero-order valence-electron chi connectivity index (χ0n) is 15.2. The Morgan fingerprint density at radius 1 is 1.07 bits per heavy atom. The summed E-state index contributed by atoms with van der Waals surface area (Å²) in [5, 5.41) is 9.12. The second-order valence-corrected chi connectivity index (χ2v) is 7.46. The highest BCUT2D eigenvalue weighted by molar-refractivity contribution is 7.92. The van der Waals surface area contributed by atoms with Gasteiger partial charge in [0, 0.05) is 11.1 Å². The van der Waals surface area contributed by atoms with Gasteiger partial charge in [0.25, 0.3) is 10.0 Å². The molecule has 0 aliphatic heterocycles. The summed E-state index contributed by atoms with van der Waals surface area (Å²) in [5.74, 6) is -0.834. The lowest BCUT2D eigenvalue weighted by atomic mass is 10.2. The number of carbonyl (C=O) groups is 1. The van der Waals surface area contributed by atoms with E-state index >= 15 is 0 Å². The topological polar surface area (TPSA) is 111 Å². The molecule has 0 spiro atoms. The molecule has 2 N–H and O–H groups in total. The lowest BCUT2D eigenvalue weighted by Gasteiger charge is -2.16. The van der Waals surface area contributed by atoms with Crippen LogP contribution >= 0.6 is 11.6 Å². The predicted molar refractivity (Wildman–Crippen MR) is 105 cm³/mol. The van der Waals surface area contributed by atoms with Crippen molar-refractivity contribution in [3.63, 3.8) is 0 Å². The highest BCUT2D eigenvalue weighted by Gasteiger charge is 2.25. The Balaban J connectivity index is 2.61. The van der Waals surface area contributed by atoms with E-state index in [1.54, 1.807) is 6.07 Å². The van der Waals surface area contributed by atoms with E-state index in [-0.39, 0.29) is 27.8 Å². The first-order valence-electron chi connectivity index (χ1n) is 7.75. The van der Waals surface area contributed by atoms with Gasteiger partial charge >= 0.3 is 5.97 Å². The van der Waals surface area contributed by atoms with Crippen LogP contribution in [-0.4, -0.2) is 40.8 Å². The number of anilines is 1. The van der Waals surface area contributed by atoms with Crippen molar-refractivity contribution in [1.29, 1.82) is 0 Å². The van der Waals surface area contributed by atoms with E-state index in [0.29, 0.717) is 10.6 Å². The van der Waals surface area contributed by atoms with Crippen LogP contribution in [0.25, 0.3) is 6.08 Å². The Morgan fingerprint density at radius 3 is 2.32 bits per heavy atom. The standard InChI is InChI=1S/C18H18ClNO7S/c1-25-14-6-5-12(19)10-13(14)20-28(23,24)16-9-11(4-7-17(21)22)8-15(26-2)18(16)27-3/h4-10,20H,1-3H3,(H,21,22)/b7-4+. The average molecular weight is 428 g/mol. The molecule has 0 aliphatic rings. The van der Waals surface area contributed by atoms with Crippen molar-refractivity contribution in [3.8, 4) is 17.2 Å². The number of methoxy groups -OCH3 is 3. The first-order valence-corrected chi connectivity index (χ1v) is 9.61. The Morgan fingerprint density at radius 2 is 1.75 bits per heavy atom. The number of sulfonamides is 1. The molecule has 0 aromatic heterocycles. The summed E-state index contributed by atoms with van der Waals surface area (Å²) in [7, 11) is -0.148. The normalized spacial score (nSPS) is 11.3. The van der Waals surface area contributed by atoms with Crippen LogP contribution in [0.15, 0.2) is 41.3 Å². The summed E-state index contributed by atoms with van der Waals surface area (Å²) < 4.78 is 44.0. The lowest BCUT2D eigenvalue weighted by molar-refractivity contribution is -0.131. The number of hydrogen-bond donors (Lipinski definition) is 2. The fraction of sp³-hybridized carbons (Fsp3) is 0.167. The van der Waals surface area contributed by atoms with Gasteiger partial charge < -0.3 is 19.3 Å². The minimum Gasteiger partial charge on any atom is -0.495 e. The van der Waals surface area contributed by atoms with Crippen molar-refractivity contribution in [2.24, 2.45) is 0 Å². The zero-order valence-corrected chi connectivity index (χ0v) is 16.8. The summed E-state index contributed by atoms with van der Waals surface area (Å²) in [6.07, 6.45) is 2.12. The van der Waals surface area contributed by atoms with Gasteiger partial charge in [-0.2, -0.15) is 0 Å². The van der Waals surface area contributed by atoms with Gasteiger partial charge in [0.15, 0.2) is 11.5 Å². The van der Waals surface area contributed by atoms with Gasteiger partial charge in [-0.3, -0.25) is 4.72 Å². The summed E-state index contributed by atoms with van der Waals surface area (Å²) in [5.41, 5.74) is 0.418. The maximum absolute atomic E-state index is 13.0. The third kappa shape index (κ3) is 4.87. The minimum atomic E-state index is -4.17. The number of ether oxygens (including phenoxy) is 3. The third-order valence-corrected chi connectivity index (χ3v) is 5.19. The van der Waals surface area contributed by atoms with E-state index in [9.17, 15) is 13.2 Å². The Kier molecular flexibility index (Phi) is 6.76. The third-order valence-electron chi connectivity index (χ3n) is 3.58. The molecule has 2 aromatic carbocycles. The average Bonchev–Trinajstić information content (AvgIpc) is 2.65. The molecule has 0 bridgehead atoms. The second-order valence-electron chi connectivity index (χ2n) is 5.38. The molecule has 2 aromatic rings. The summed E-state index contributed by atoms with van der Waals surface area (Å²) in [4.78, 5) is 10.5. The quantitative estimate of drug-likeness (QED) is 0.622. The highest BCUT2D eigenvalue weighted by Crippen LogP contribution is 2.38. The molecule has 0 unspecified atom stereocenters. The molecule has 2 rings (SSSR count). The molecule has 0 fully saturated rings. The van der Waals surface area contributed by atoms with Gasteiger partial charge in [0.1, 0.15) is 10.6 Å². The minimum absolute atomic E-state index is 0.0385. The molecule has 28 heavy (non-hydrogen) atoms. The number of carboxylic acid groups (broad SMARTS) is 1. The highest BCUT2D eigenvalue weighted by atomic mass is 35.5. The van der Waals surface area contributed by atoms with E-state index in [1.165, 1.54) is 51.7 Å². The van der Waals surface area contributed by atoms with Gasteiger partial charge in [-0.1, -0.05) is 11.6 Å². The molecular formula is C18H18ClNO7S. The fourth-order valence-corrected chi connectivity index (χ4v) is 3.82. The molecule has 0 amide bonds. The second kappa shape index (κ2) is 8.85. The van der Waals surface area contributed by atoms with Crippen LogP contribution in [-0.2, 0) is 14.8 Å². The van der Waals surface area contributed by atoms with E-state index in [1.807, 2.05) is 0 Å². The largest absolute Gasteiger partial charge is 0.495 e. The molecule has 0 atom stereocenters. The molecule has 0 saturated heterocycles. The number of hydrogen-bond acceptors (Lipinski definition) is 6. The van der Waals surface area contributed by atoms with Crippen molar-refractivity contribution < 1.29 is 32.5 Å². The van der Waals surface area contributed by atoms with Crippen LogP contribution in [0.3, 0.4) is 0 Å². The van der Waals surface area contributed by atoms with E-state index < -0.39 is 16.0 Å². The van der Waals surface area contributed by atoms with Crippen LogP contribution in [0.4, 0.5) is 5.69 Å². The molecule has 10 heteroatoms. The van der Waals surface area contributed by atoms with Gasteiger partial charge in [0.2, 0.25) is 0 Å². The van der Waals surface area contributed by atoms with Crippen molar-refractivity contribution in [2.45, 2.75) is 4.90 Å². The van der Waals surface area contributed by atoms with E-state index in [2.05, 4.69) is 4.72 Å². The summed E-state index contributed by atoms with van der Waals surface area (Å²) in [6.45, 7) is 0. The Bertz CT molecular complexity index is 1020. The van der Waals surface area contributed by atoms with Gasteiger partial charge in [-0.15, -0.1) is 0 Å². The molecular weight excluding hydrogens is 410 g/mol. The van der Waals surface area contributed by atoms with E-state index in [0.717, 1.165) is 6.08 Å². The number of rotatable bonds is 8. The van der Waals surface area contributed by atoms with Crippen molar-refractivity contribution in [2.75, 3.05) is 26.1 Å². The summed E-state index contributed by atoms with van der Waals surface area (Å²) in [6, 6.07) is 7.19. The van der Waals surface area contributed by atoms with Crippen molar-refractivity contribution in [3.05, 3.63) is 47.0 Å². The van der Waals surface area contributed by atoms with Gasteiger partial charge in [0.05, 0.1) is 27.0 Å². The molecule has 150 valence electrons. The Labute approximate surface area is 167 Å². The first kappa shape index (κ1) is 21.4. The van der Waals surface area contributed by atoms with Crippen LogP contribution < -0.4 is 18.9 Å². The smallest absolute Gasteiger partial charge is 0.328 e. The number of nitrogens with one attached hydrogen (secondary N) is 1. The molecule has 0 radical (unpaired) electrons. The van der Waals surface area contributed by atoms with Gasteiger partial charge in [-0.05, 0) is 42.0 Å². The molecule has 8 nitrogen and oxygen atoms in total. The maximum Gasteiger partial charge on any atom is 0.328 e. The SMILES string of the molecule is COc1ccc(Cl)cc1NS(=O)(=O)c1cc(/C=C/C(=O)O)cc(OC)c1OC. The number of benzene rings is 2. The number of aliphatic carboxylic acids is 1. The zero-order chi connectivity index (χ0) is 20.9. The van der Waals surface area contributed by atoms with Gasteiger partial charge in [-0.25, -0.2) is 13.2 Å². The fourth-order valence-electron chi connectivity index (χ4n) is 2.37. The molecule has 0 heterocycles. The molecule has 0 aliphatic carbocycles. The first-order chi connectivity index (χ1) is 13.2. The molecule has 0 saturated carbocycles. The van der Waals surface area contributed by atoms with Crippen molar-refractivity contribution in [1.82, 2.24) is 0 Å². The van der Waals surface area contributed by atoms with Crippen LogP contribution in [0.2, 0.25) is 5.02 Å². The monoisotopic (exact) mass is 427 g/mol. The predicted octanol–water partition coefficient (Wildman–Crippen LogP) is 3.26.